The number of nitrogens with one attached hydrogen (secondary N) is 1. The van der Waals surface area contributed by atoms with Crippen LogP contribution in [0.25, 0.3) is 0 Å². The van der Waals surface area contributed by atoms with E-state index < -0.39 is 10.0 Å². The van der Waals surface area contributed by atoms with E-state index in [2.05, 4.69) is 24.1 Å². The van der Waals surface area contributed by atoms with E-state index in [0.29, 0.717) is 19.0 Å². The quantitative estimate of drug-likeness (QED) is 0.784. The van der Waals surface area contributed by atoms with Crippen LogP contribution in [0, 0.1) is 5.92 Å². The maximum Gasteiger partial charge on any atom is 0.253 e. The van der Waals surface area contributed by atoms with Gasteiger partial charge < -0.3 is 10.2 Å². The van der Waals surface area contributed by atoms with Gasteiger partial charge in [0.1, 0.15) is 0 Å². The molecule has 1 heterocycles. The van der Waals surface area contributed by atoms with Crippen LogP contribution in [-0.4, -0.2) is 62.3 Å². The van der Waals surface area contributed by atoms with Crippen molar-refractivity contribution < 1.29 is 13.2 Å². The number of likely N-dealkylation sites (N-methyl/N-ethyl adjacent to an activating group) is 1. The second-order valence-electron chi connectivity index (χ2n) is 7.82. The molecular weight excluding hydrogens is 398 g/mol. The number of hydrogen-bond donors (Lipinski definition) is 1. The largest absolute Gasteiger partial charge is 0.349 e. The summed E-state index contributed by atoms with van der Waals surface area (Å²) in [5.41, 5.74) is 0.229. The van der Waals surface area contributed by atoms with Gasteiger partial charge in [0.25, 0.3) is 5.91 Å². The molecule has 1 amide bonds. The zero-order valence-electron chi connectivity index (χ0n) is 16.7. The van der Waals surface area contributed by atoms with Crippen molar-refractivity contribution in [1.82, 2.24) is 14.5 Å². The molecule has 1 aliphatic heterocycles. The summed E-state index contributed by atoms with van der Waals surface area (Å²) in [4.78, 5) is 15.2. The molecule has 1 saturated heterocycles. The van der Waals surface area contributed by atoms with Crippen molar-refractivity contribution in [3.05, 3.63) is 28.8 Å². The number of piperazine rings is 1. The Kier molecular flexibility index (Phi) is 7.02. The van der Waals surface area contributed by atoms with Gasteiger partial charge in [0, 0.05) is 32.2 Å². The summed E-state index contributed by atoms with van der Waals surface area (Å²) in [7, 11) is -3.64. The topological polar surface area (TPSA) is 69.7 Å². The monoisotopic (exact) mass is 427 g/mol. The normalized spacial score (nSPS) is 24.8. The molecule has 0 radical (unpaired) electrons. The molecule has 0 unspecified atom stereocenters. The van der Waals surface area contributed by atoms with Crippen LogP contribution >= 0.6 is 11.6 Å². The van der Waals surface area contributed by atoms with Crippen LogP contribution in [-0.2, 0) is 10.0 Å². The van der Waals surface area contributed by atoms with Gasteiger partial charge in [0.2, 0.25) is 10.0 Å². The van der Waals surface area contributed by atoms with Crippen molar-refractivity contribution in [3.8, 4) is 0 Å². The number of nitrogens with zero attached hydrogens (tertiary/aromatic N) is 2. The van der Waals surface area contributed by atoms with Crippen molar-refractivity contribution in [1.29, 1.82) is 0 Å². The molecule has 1 aromatic carbocycles. The fourth-order valence-electron chi connectivity index (χ4n) is 4.05. The third kappa shape index (κ3) is 4.70. The minimum atomic E-state index is -3.64. The molecule has 1 saturated carbocycles. The van der Waals surface area contributed by atoms with Crippen molar-refractivity contribution in [3.63, 3.8) is 0 Å². The number of benzene rings is 1. The molecule has 2 fully saturated rings. The van der Waals surface area contributed by atoms with E-state index in [1.165, 1.54) is 28.9 Å². The van der Waals surface area contributed by atoms with E-state index in [9.17, 15) is 13.2 Å². The number of hydrogen-bond acceptors (Lipinski definition) is 4. The first-order valence-electron chi connectivity index (χ1n) is 10.2. The van der Waals surface area contributed by atoms with E-state index in [4.69, 9.17) is 11.6 Å². The Labute approximate surface area is 173 Å². The lowest BCUT2D eigenvalue weighted by Gasteiger charge is -2.33. The number of sulfonamides is 1. The van der Waals surface area contributed by atoms with Gasteiger partial charge in [-0.1, -0.05) is 38.3 Å². The third-order valence-corrected chi connectivity index (χ3v) is 8.25. The van der Waals surface area contributed by atoms with Crippen LogP contribution < -0.4 is 5.32 Å². The number of rotatable bonds is 5. The Hall–Kier alpha value is -1.15. The molecule has 1 aliphatic carbocycles. The molecule has 1 N–H and O–H groups in total. The Morgan fingerprint density at radius 1 is 1.18 bits per heavy atom. The fraction of sp³-hybridized carbons (Fsp3) is 0.650. The number of amides is 1. The SMILES string of the molecule is CCN1CCN(S(=O)(=O)c2ccc(Cl)c(C(=O)N[C@@H]3CCCC[C@H]3C)c2)CC1. The Morgan fingerprint density at radius 2 is 1.86 bits per heavy atom. The summed E-state index contributed by atoms with van der Waals surface area (Å²) < 4.78 is 27.6. The van der Waals surface area contributed by atoms with E-state index in [0.717, 1.165) is 38.9 Å². The van der Waals surface area contributed by atoms with Gasteiger partial charge in [-0.25, -0.2) is 8.42 Å². The maximum atomic E-state index is 13.0. The van der Waals surface area contributed by atoms with Gasteiger partial charge in [-0.3, -0.25) is 4.79 Å². The number of halogens is 1. The van der Waals surface area contributed by atoms with E-state index >= 15 is 0 Å². The Balaban J connectivity index is 1.78. The first kappa shape index (κ1) is 21.6. The molecule has 8 heteroatoms. The third-order valence-electron chi connectivity index (χ3n) is 6.03. The second-order valence-corrected chi connectivity index (χ2v) is 10.2. The smallest absolute Gasteiger partial charge is 0.253 e. The molecule has 28 heavy (non-hydrogen) atoms. The van der Waals surface area contributed by atoms with E-state index in [-0.39, 0.29) is 27.4 Å². The van der Waals surface area contributed by atoms with Gasteiger partial charge in [0.15, 0.2) is 0 Å². The minimum Gasteiger partial charge on any atom is -0.349 e. The molecule has 156 valence electrons. The van der Waals surface area contributed by atoms with Crippen LogP contribution in [0.2, 0.25) is 5.02 Å². The van der Waals surface area contributed by atoms with Gasteiger partial charge in [-0.15, -0.1) is 0 Å². The number of carbonyl (C=O) groups is 1. The van der Waals surface area contributed by atoms with Crippen LogP contribution in [0.5, 0.6) is 0 Å². The molecule has 0 aromatic heterocycles. The van der Waals surface area contributed by atoms with Gasteiger partial charge >= 0.3 is 0 Å². The van der Waals surface area contributed by atoms with E-state index in [1.807, 2.05) is 0 Å². The molecule has 1 aromatic rings. The van der Waals surface area contributed by atoms with Crippen LogP contribution in [0.3, 0.4) is 0 Å². The lowest BCUT2D eigenvalue weighted by atomic mass is 9.86. The maximum absolute atomic E-state index is 13.0. The predicted octanol–water partition coefficient (Wildman–Crippen LogP) is 2.97. The summed E-state index contributed by atoms with van der Waals surface area (Å²) in [6, 6.07) is 4.53. The standard InChI is InChI=1S/C20H30ClN3O3S/c1-3-23-10-12-24(13-11-23)28(26,27)16-8-9-18(21)17(14-16)20(25)22-19-7-5-4-6-15(19)2/h8-9,14-15,19H,3-7,10-13H2,1-2H3,(H,22,25)/t15-,19-/m1/s1. The van der Waals surface area contributed by atoms with Crippen molar-refractivity contribution >= 4 is 27.5 Å². The van der Waals surface area contributed by atoms with Gasteiger partial charge in [-0.2, -0.15) is 4.31 Å². The predicted molar refractivity (Wildman–Crippen MR) is 111 cm³/mol. The molecule has 2 atom stereocenters. The highest BCUT2D eigenvalue weighted by Gasteiger charge is 2.30. The minimum absolute atomic E-state index is 0.111. The van der Waals surface area contributed by atoms with Crippen LogP contribution in [0.15, 0.2) is 23.1 Å². The van der Waals surface area contributed by atoms with Gasteiger partial charge in [0.05, 0.1) is 15.5 Å². The van der Waals surface area contributed by atoms with Crippen molar-refractivity contribution in [2.75, 3.05) is 32.7 Å². The summed E-state index contributed by atoms with van der Waals surface area (Å²) >= 11 is 6.24. The van der Waals surface area contributed by atoms with Crippen LogP contribution in [0.1, 0.15) is 49.9 Å². The molecule has 6 nitrogen and oxygen atoms in total. The fourth-order valence-corrected chi connectivity index (χ4v) is 5.70. The molecule has 3 rings (SSSR count). The highest BCUT2D eigenvalue weighted by Crippen LogP contribution is 2.27. The average Bonchev–Trinajstić information content (AvgIpc) is 2.70. The Bertz CT molecular complexity index is 807. The Morgan fingerprint density at radius 3 is 2.50 bits per heavy atom. The van der Waals surface area contributed by atoms with Crippen molar-refractivity contribution in [2.45, 2.75) is 50.5 Å². The first-order valence-corrected chi connectivity index (χ1v) is 12.0. The molecule has 2 aliphatic rings. The summed E-state index contributed by atoms with van der Waals surface area (Å²) in [5, 5.41) is 3.33. The van der Waals surface area contributed by atoms with E-state index in [1.54, 1.807) is 0 Å². The number of carbonyl (C=O) groups excluding carboxylic acids is 1. The lowest BCUT2D eigenvalue weighted by molar-refractivity contribution is 0.0910. The molecule has 0 spiro atoms. The first-order chi connectivity index (χ1) is 13.3. The molecular formula is C20H30ClN3O3S. The lowest BCUT2D eigenvalue weighted by Crippen LogP contribution is -2.48. The zero-order valence-corrected chi connectivity index (χ0v) is 18.2. The highest BCUT2D eigenvalue weighted by molar-refractivity contribution is 7.89. The summed E-state index contributed by atoms with van der Waals surface area (Å²) in [5.74, 6) is 0.120. The summed E-state index contributed by atoms with van der Waals surface area (Å²) in [6.45, 7) is 7.48. The van der Waals surface area contributed by atoms with Crippen LogP contribution in [0.4, 0.5) is 0 Å². The zero-order chi connectivity index (χ0) is 20.3. The molecule has 0 bridgehead atoms. The highest BCUT2D eigenvalue weighted by atomic mass is 35.5. The summed E-state index contributed by atoms with van der Waals surface area (Å²) in [6.07, 6.45) is 4.33. The average molecular weight is 428 g/mol. The van der Waals surface area contributed by atoms with Crippen molar-refractivity contribution in [2.24, 2.45) is 5.92 Å². The van der Waals surface area contributed by atoms with Gasteiger partial charge in [-0.05, 0) is 43.5 Å². The second kappa shape index (κ2) is 9.11.